The lowest BCUT2D eigenvalue weighted by atomic mass is 9.99. The first kappa shape index (κ1) is 9.89. The van der Waals surface area contributed by atoms with Gasteiger partial charge in [-0.1, -0.05) is 18.2 Å². The first-order valence-electron chi connectivity index (χ1n) is 5.27. The molecule has 1 unspecified atom stereocenters. The maximum absolute atomic E-state index is 10.7. The number of nitrogens with zero attached hydrogens (tertiary/aromatic N) is 1. The Bertz CT molecular complexity index is 577. The number of aromatic carboxylic acids is 1. The van der Waals surface area contributed by atoms with Crippen LogP contribution in [0.5, 0.6) is 0 Å². The Morgan fingerprint density at radius 2 is 2.29 bits per heavy atom. The molecule has 0 radical (unpaired) electrons. The zero-order chi connectivity index (χ0) is 11.8. The summed E-state index contributed by atoms with van der Waals surface area (Å²) in [4.78, 5) is 14.7. The molecule has 0 saturated heterocycles. The van der Waals surface area contributed by atoms with Crippen LogP contribution in [0.2, 0.25) is 0 Å². The molecule has 1 aliphatic rings. The molecule has 2 heterocycles. The van der Waals surface area contributed by atoms with Crippen molar-refractivity contribution >= 4 is 11.7 Å². The summed E-state index contributed by atoms with van der Waals surface area (Å²) in [6.07, 6.45) is 1.41. The van der Waals surface area contributed by atoms with Gasteiger partial charge in [-0.15, -0.1) is 0 Å². The summed E-state index contributed by atoms with van der Waals surface area (Å²) in [5.41, 5.74) is 2.84. The van der Waals surface area contributed by atoms with E-state index >= 15 is 0 Å². The van der Waals surface area contributed by atoms with Crippen LogP contribution in [0.3, 0.4) is 0 Å². The Hall–Kier alpha value is -2.30. The summed E-state index contributed by atoms with van der Waals surface area (Å²) in [5, 5.41) is 12.0. The number of fused-ring (bicyclic) bond motifs is 1. The second-order valence-corrected chi connectivity index (χ2v) is 3.90. The molecule has 0 saturated carbocycles. The number of hydrogen-bond acceptors (Lipinski definition) is 4. The number of aromatic nitrogens is 1. The van der Waals surface area contributed by atoms with Gasteiger partial charge in [-0.25, -0.2) is 9.78 Å². The fourth-order valence-electron chi connectivity index (χ4n) is 2.09. The second kappa shape index (κ2) is 3.62. The third kappa shape index (κ3) is 1.56. The van der Waals surface area contributed by atoms with Crippen LogP contribution in [0.25, 0.3) is 0 Å². The molecule has 5 heteroatoms. The van der Waals surface area contributed by atoms with Gasteiger partial charge in [0.25, 0.3) is 0 Å². The summed E-state index contributed by atoms with van der Waals surface area (Å²) in [6.45, 7) is 0.713. The summed E-state index contributed by atoms with van der Waals surface area (Å²) in [6, 6.07) is 7.92. The van der Waals surface area contributed by atoms with Crippen molar-refractivity contribution < 1.29 is 14.3 Å². The van der Waals surface area contributed by atoms with Crippen molar-refractivity contribution in [2.24, 2.45) is 0 Å². The van der Waals surface area contributed by atoms with Crippen LogP contribution in [0, 0.1) is 0 Å². The highest BCUT2D eigenvalue weighted by Crippen LogP contribution is 2.35. The second-order valence-electron chi connectivity index (χ2n) is 3.90. The van der Waals surface area contributed by atoms with E-state index in [1.54, 1.807) is 0 Å². The molecule has 1 atom stereocenters. The summed E-state index contributed by atoms with van der Waals surface area (Å²) in [5.74, 6) is -1.34. The molecule has 2 aromatic rings. The van der Waals surface area contributed by atoms with Gasteiger partial charge in [-0.05, 0) is 11.6 Å². The van der Waals surface area contributed by atoms with E-state index in [-0.39, 0.29) is 11.8 Å². The van der Waals surface area contributed by atoms with Gasteiger partial charge in [-0.2, -0.15) is 0 Å². The Balaban J connectivity index is 1.98. The molecule has 3 rings (SSSR count). The van der Waals surface area contributed by atoms with Crippen molar-refractivity contribution in [3.63, 3.8) is 0 Å². The maximum atomic E-state index is 10.7. The first-order chi connectivity index (χ1) is 8.25. The fraction of sp³-hybridized carbons (Fsp3) is 0.167. The smallest absolute Gasteiger partial charge is 0.392 e. The first-order valence-corrected chi connectivity index (χ1v) is 5.27. The minimum absolute atomic E-state index is 0.0584. The lowest BCUT2D eigenvalue weighted by Crippen LogP contribution is -2.05. The highest BCUT2D eigenvalue weighted by Gasteiger charge is 2.26. The normalized spacial score (nSPS) is 17.5. The quantitative estimate of drug-likeness (QED) is 0.824. The van der Waals surface area contributed by atoms with Crippen LogP contribution in [0.4, 0.5) is 5.69 Å². The lowest BCUT2D eigenvalue weighted by molar-refractivity contribution is 0.0653. The van der Waals surface area contributed by atoms with Crippen molar-refractivity contribution in [2.45, 2.75) is 5.92 Å². The number of benzene rings is 1. The number of oxazole rings is 1. The summed E-state index contributed by atoms with van der Waals surface area (Å²) < 4.78 is 4.92. The Morgan fingerprint density at radius 3 is 3.06 bits per heavy atom. The molecule has 0 spiro atoms. The van der Waals surface area contributed by atoms with E-state index in [0.29, 0.717) is 12.2 Å². The molecule has 0 fully saturated rings. The zero-order valence-electron chi connectivity index (χ0n) is 8.88. The number of carbonyl (C=O) groups is 1. The number of para-hydroxylation sites is 1. The molecule has 0 bridgehead atoms. The maximum Gasteiger partial charge on any atom is 0.392 e. The molecule has 0 amide bonds. The number of carboxylic acid groups (broad SMARTS) is 1. The van der Waals surface area contributed by atoms with Crippen molar-refractivity contribution in [1.29, 1.82) is 0 Å². The third-order valence-corrected chi connectivity index (χ3v) is 2.89. The molecular weight excluding hydrogens is 220 g/mol. The number of carboxylic acids is 1. The highest BCUT2D eigenvalue weighted by atomic mass is 16.4. The number of rotatable bonds is 2. The zero-order valence-corrected chi connectivity index (χ0v) is 8.88. The van der Waals surface area contributed by atoms with Gasteiger partial charge < -0.3 is 14.8 Å². The van der Waals surface area contributed by atoms with Crippen molar-refractivity contribution in [2.75, 3.05) is 11.9 Å². The third-order valence-electron chi connectivity index (χ3n) is 2.89. The van der Waals surface area contributed by atoms with Crippen LogP contribution < -0.4 is 5.32 Å². The highest BCUT2D eigenvalue weighted by molar-refractivity contribution is 5.82. The molecular formula is C12H10N2O3. The van der Waals surface area contributed by atoms with E-state index < -0.39 is 5.97 Å². The van der Waals surface area contributed by atoms with E-state index in [1.807, 2.05) is 24.3 Å². The van der Waals surface area contributed by atoms with Gasteiger partial charge in [0.2, 0.25) is 0 Å². The van der Waals surface area contributed by atoms with E-state index in [1.165, 1.54) is 6.26 Å². The van der Waals surface area contributed by atoms with Crippen molar-refractivity contribution in [3.05, 3.63) is 47.7 Å². The molecule has 1 aromatic heterocycles. The van der Waals surface area contributed by atoms with E-state index in [0.717, 1.165) is 11.3 Å². The van der Waals surface area contributed by atoms with Gasteiger partial charge in [0.1, 0.15) is 6.26 Å². The predicted octanol–water partition coefficient (Wildman–Crippen LogP) is 1.93. The average molecular weight is 230 g/mol. The number of hydrogen-bond donors (Lipinski definition) is 2. The summed E-state index contributed by atoms with van der Waals surface area (Å²) in [7, 11) is 0. The van der Waals surface area contributed by atoms with Gasteiger partial charge in [0.05, 0.1) is 5.69 Å². The van der Waals surface area contributed by atoms with Gasteiger partial charge in [0.15, 0.2) is 0 Å². The van der Waals surface area contributed by atoms with E-state index in [9.17, 15) is 4.79 Å². The van der Waals surface area contributed by atoms with E-state index in [2.05, 4.69) is 10.3 Å². The van der Waals surface area contributed by atoms with Gasteiger partial charge >= 0.3 is 11.9 Å². The minimum atomic E-state index is -1.14. The number of nitrogens with one attached hydrogen (secondary N) is 1. The van der Waals surface area contributed by atoms with E-state index in [4.69, 9.17) is 9.52 Å². The van der Waals surface area contributed by atoms with Crippen LogP contribution in [0.1, 0.15) is 27.9 Å². The average Bonchev–Trinajstić information content (AvgIpc) is 2.95. The van der Waals surface area contributed by atoms with Crippen molar-refractivity contribution in [1.82, 2.24) is 4.98 Å². The fourth-order valence-corrected chi connectivity index (χ4v) is 2.09. The number of anilines is 1. The van der Waals surface area contributed by atoms with Gasteiger partial charge in [-0.3, -0.25) is 0 Å². The predicted molar refractivity (Wildman–Crippen MR) is 60.2 cm³/mol. The molecule has 1 aliphatic heterocycles. The largest absolute Gasteiger partial charge is 0.474 e. The van der Waals surface area contributed by atoms with Gasteiger partial charge in [0, 0.05) is 18.2 Å². The molecule has 86 valence electrons. The van der Waals surface area contributed by atoms with Crippen LogP contribution in [-0.2, 0) is 0 Å². The van der Waals surface area contributed by atoms with Crippen LogP contribution in [0.15, 0.2) is 34.9 Å². The SMILES string of the molecule is O=C(O)c1nc(C2CNc3ccccc32)co1. The molecule has 1 aromatic carbocycles. The lowest BCUT2D eigenvalue weighted by Gasteiger charge is -2.04. The summed E-state index contributed by atoms with van der Waals surface area (Å²) >= 11 is 0. The van der Waals surface area contributed by atoms with Crippen LogP contribution in [-0.4, -0.2) is 22.6 Å². The molecule has 5 nitrogen and oxygen atoms in total. The monoisotopic (exact) mass is 230 g/mol. The molecule has 2 N–H and O–H groups in total. The van der Waals surface area contributed by atoms with Crippen LogP contribution >= 0.6 is 0 Å². The Morgan fingerprint density at radius 1 is 1.47 bits per heavy atom. The molecule has 17 heavy (non-hydrogen) atoms. The topological polar surface area (TPSA) is 75.4 Å². The molecule has 0 aliphatic carbocycles. The Labute approximate surface area is 97.1 Å². The minimum Gasteiger partial charge on any atom is -0.474 e. The Kier molecular flexibility index (Phi) is 2.11. The van der Waals surface area contributed by atoms with Crippen molar-refractivity contribution in [3.8, 4) is 0 Å². The standard InChI is InChI=1S/C12H10N2O3/c15-12(16)11-14-10(6-17-11)8-5-13-9-4-2-1-3-7(8)9/h1-4,6,8,13H,5H2,(H,15,16).